The van der Waals surface area contributed by atoms with Crippen molar-refractivity contribution >= 4 is 18.2 Å². The largest absolute Gasteiger partial charge is 0.484 e. The number of hydrogen-bond acceptors (Lipinski definition) is 9. The number of esters is 1. The summed E-state index contributed by atoms with van der Waals surface area (Å²) in [6, 6.07) is 3.53. The van der Waals surface area contributed by atoms with Crippen molar-refractivity contribution in [2.24, 2.45) is 0 Å². The summed E-state index contributed by atoms with van der Waals surface area (Å²) in [7, 11) is 0. The molecule has 0 unspecified atom stereocenters. The van der Waals surface area contributed by atoms with Crippen LogP contribution in [-0.4, -0.2) is 76.9 Å². The molecule has 1 fully saturated rings. The van der Waals surface area contributed by atoms with E-state index in [1.807, 2.05) is 0 Å². The standard InChI is InChI=1S/C24H34FNO9/c1-14-19(33-16-10-8-15(25)9-11-16)18(27)13-31-12-17(20(28)32-14)26(21(29)34-23(2,3)4)22(30)35-24(5,6)7/h8-11,14,17-19,27H,12-13H2,1-7H3/t14-,17-,18-,19-/m0/s1. The van der Waals surface area contributed by atoms with Gasteiger partial charge in [0, 0.05) is 0 Å². The molecule has 1 N–H and O–H groups in total. The monoisotopic (exact) mass is 499 g/mol. The molecule has 1 aromatic rings. The van der Waals surface area contributed by atoms with E-state index in [2.05, 4.69) is 0 Å². The molecule has 196 valence electrons. The van der Waals surface area contributed by atoms with Crippen LogP contribution in [0.2, 0.25) is 0 Å². The highest BCUT2D eigenvalue weighted by atomic mass is 19.1. The first kappa shape index (κ1) is 28.3. The first-order valence-electron chi connectivity index (χ1n) is 11.2. The number of aliphatic hydroxyl groups is 1. The van der Waals surface area contributed by atoms with Gasteiger partial charge in [-0.3, -0.25) is 0 Å². The normalized spacial score (nSPS) is 23.7. The fraction of sp³-hybridized carbons (Fsp3) is 0.625. The number of rotatable bonds is 3. The van der Waals surface area contributed by atoms with Crippen molar-refractivity contribution in [3.63, 3.8) is 0 Å². The SMILES string of the molecule is C[C@@H]1OC(=O)[C@@H](N(C(=O)OC(C)(C)C)C(=O)OC(C)(C)C)COC[C@H](O)[C@H]1Oc1ccc(F)cc1. The molecule has 11 heteroatoms. The number of carbonyl (C=O) groups is 3. The Hall–Kier alpha value is -2.92. The lowest BCUT2D eigenvalue weighted by Crippen LogP contribution is -2.54. The highest BCUT2D eigenvalue weighted by molar-refractivity contribution is 5.94. The van der Waals surface area contributed by atoms with Crippen molar-refractivity contribution in [3.05, 3.63) is 30.1 Å². The quantitative estimate of drug-likeness (QED) is 0.492. The maximum atomic E-state index is 13.2. The third-order valence-electron chi connectivity index (χ3n) is 4.56. The van der Waals surface area contributed by atoms with Gasteiger partial charge >= 0.3 is 18.2 Å². The zero-order valence-corrected chi connectivity index (χ0v) is 21.1. The van der Waals surface area contributed by atoms with Crippen molar-refractivity contribution in [2.45, 2.75) is 84.0 Å². The maximum absolute atomic E-state index is 13.2. The second-order valence-electron chi connectivity index (χ2n) is 10.1. The lowest BCUT2D eigenvalue weighted by Gasteiger charge is -2.32. The molecule has 1 saturated heterocycles. The van der Waals surface area contributed by atoms with Gasteiger partial charge < -0.3 is 28.8 Å². The molecule has 1 aromatic carbocycles. The third-order valence-corrected chi connectivity index (χ3v) is 4.56. The van der Waals surface area contributed by atoms with E-state index < -0.39 is 66.1 Å². The zero-order chi connectivity index (χ0) is 26.6. The van der Waals surface area contributed by atoms with Crippen molar-refractivity contribution in [2.75, 3.05) is 13.2 Å². The predicted molar refractivity (Wildman–Crippen MR) is 121 cm³/mol. The van der Waals surface area contributed by atoms with Crippen LogP contribution in [0.25, 0.3) is 0 Å². The van der Waals surface area contributed by atoms with Crippen molar-refractivity contribution < 1.29 is 47.6 Å². The highest BCUT2D eigenvalue weighted by Crippen LogP contribution is 2.22. The average Bonchev–Trinajstić information content (AvgIpc) is 2.73. The molecule has 2 amide bonds. The molecule has 0 bridgehead atoms. The van der Waals surface area contributed by atoms with Gasteiger partial charge in [0.05, 0.1) is 13.2 Å². The van der Waals surface area contributed by atoms with Crippen LogP contribution in [-0.2, 0) is 23.7 Å². The second kappa shape index (κ2) is 11.2. The van der Waals surface area contributed by atoms with Gasteiger partial charge in [-0.05, 0) is 72.7 Å². The lowest BCUT2D eigenvalue weighted by atomic mass is 10.1. The maximum Gasteiger partial charge on any atom is 0.420 e. The van der Waals surface area contributed by atoms with Crippen LogP contribution in [0.4, 0.5) is 14.0 Å². The van der Waals surface area contributed by atoms with E-state index >= 15 is 0 Å². The topological polar surface area (TPSA) is 121 Å². The summed E-state index contributed by atoms with van der Waals surface area (Å²) in [5.41, 5.74) is -1.95. The van der Waals surface area contributed by atoms with Crippen molar-refractivity contribution in [3.8, 4) is 5.75 Å². The first-order valence-corrected chi connectivity index (χ1v) is 11.2. The number of ether oxygens (including phenoxy) is 5. The molecule has 0 aliphatic carbocycles. The number of cyclic esters (lactones) is 1. The molecule has 2 rings (SSSR count). The average molecular weight is 500 g/mol. The van der Waals surface area contributed by atoms with Gasteiger partial charge in [-0.1, -0.05) is 0 Å². The van der Waals surface area contributed by atoms with Gasteiger partial charge in [-0.2, -0.15) is 4.90 Å². The molecule has 1 aliphatic rings. The molecule has 0 saturated carbocycles. The first-order chi connectivity index (χ1) is 16.1. The van der Waals surface area contributed by atoms with Gasteiger partial charge in [0.1, 0.15) is 35.0 Å². The Morgan fingerprint density at radius 1 is 1.00 bits per heavy atom. The number of benzene rings is 1. The van der Waals surface area contributed by atoms with E-state index in [1.54, 1.807) is 41.5 Å². The molecule has 0 aromatic heterocycles. The smallest absolute Gasteiger partial charge is 0.420 e. The van der Waals surface area contributed by atoms with E-state index in [9.17, 15) is 23.9 Å². The molecule has 4 atom stereocenters. The van der Waals surface area contributed by atoms with E-state index in [0.717, 1.165) is 0 Å². The highest BCUT2D eigenvalue weighted by Gasteiger charge is 2.44. The van der Waals surface area contributed by atoms with Crippen molar-refractivity contribution in [1.29, 1.82) is 0 Å². The molecule has 0 spiro atoms. The number of aliphatic hydroxyl groups excluding tert-OH is 1. The van der Waals surface area contributed by atoms with Crippen LogP contribution in [0, 0.1) is 5.82 Å². The summed E-state index contributed by atoms with van der Waals surface area (Å²) < 4.78 is 40.5. The van der Waals surface area contributed by atoms with E-state index in [0.29, 0.717) is 4.90 Å². The number of nitrogens with zero attached hydrogens (tertiary/aromatic N) is 1. The van der Waals surface area contributed by atoms with Gasteiger partial charge in [0.15, 0.2) is 12.1 Å². The minimum absolute atomic E-state index is 0.235. The zero-order valence-electron chi connectivity index (χ0n) is 21.1. The number of carbonyl (C=O) groups excluding carboxylic acids is 3. The Morgan fingerprint density at radius 2 is 1.51 bits per heavy atom. The Morgan fingerprint density at radius 3 is 2.00 bits per heavy atom. The van der Waals surface area contributed by atoms with E-state index in [-0.39, 0.29) is 12.4 Å². The fourth-order valence-corrected chi connectivity index (χ4v) is 3.08. The van der Waals surface area contributed by atoms with Gasteiger partial charge in [0.2, 0.25) is 0 Å². The van der Waals surface area contributed by atoms with Crippen LogP contribution in [0.3, 0.4) is 0 Å². The molecule has 10 nitrogen and oxygen atoms in total. The summed E-state index contributed by atoms with van der Waals surface area (Å²) >= 11 is 0. The van der Waals surface area contributed by atoms with Crippen LogP contribution >= 0.6 is 0 Å². The summed E-state index contributed by atoms with van der Waals surface area (Å²) in [5, 5.41) is 10.6. The van der Waals surface area contributed by atoms with E-state index in [1.165, 1.54) is 31.2 Å². The molecule has 35 heavy (non-hydrogen) atoms. The number of hydrogen-bond donors (Lipinski definition) is 1. The summed E-state index contributed by atoms with van der Waals surface area (Å²) in [5.74, 6) is -1.23. The van der Waals surface area contributed by atoms with Crippen molar-refractivity contribution in [1.82, 2.24) is 4.90 Å². The number of halogens is 1. The molecule has 0 radical (unpaired) electrons. The Labute approximate surface area is 204 Å². The predicted octanol–water partition coefficient (Wildman–Crippen LogP) is 3.44. The van der Waals surface area contributed by atoms with Crippen LogP contribution in [0.5, 0.6) is 5.75 Å². The number of amides is 2. The Kier molecular flexibility index (Phi) is 9.07. The minimum atomic E-state index is -1.56. The molecular formula is C24H34FNO9. The van der Waals surface area contributed by atoms with Gasteiger partial charge in [-0.25, -0.2) is 18.8 Å². The van der Waals surface area contributed by atoms with Gasteiger partial charge in [0.25, 0.3) is 0 Å². The van der Waals surface area contributed by atoms with Crippen LogP contribution in [0.15, 0.2) is 24.3 Å². The lowest BCUT2D eigenvalue weighted by molar-refractivity contribution is -0.160. The summed E-state index contributed by atoms with van der Waals surface area (Å²) in [4.78, 5) is 39.5. The second-order valence-corrected chi connectivity index (χ2v) is 10.1. The molecule has 1 aliphatic heterocycles. The van der Waals surface area contributed by atoms with Gasteiger partial charge in [-0.15, -0.1) is 0 Å². The van der Waals surface area contributed by atoms with Crippen LogP contribution < -0.4 is 4.74 Å². The van der Waals surface area contributed by atoms with E-state index in [4.69, 9.17) is 23.7 Å². The number of imide groups is 1. The summed E-state index contributed by atoms with van der Waals surface area (Å²) in [6.45, 7) is 10.3. The Bertz CT molecular complexity index is 864. The third kappa shape index (κ3) is 8.66. The molecular weight excluding hydrogens is 465 g/mol. The minimum Gasteiger partial charge on any atom is -0.484 e. The fourth-order valence-electron chi connectivity index (χ4n) is 3.08. The molecule has 1 heterocycles. The Balaban J connectivity index is 2.32. The summed E-state index contributed by atoms with van der Waals surface area (Å²) in [6.07, 6.45) is -5.61. The van der Waals surface area contributed by atoms with Crippen LogP contribution in [0.1, 0.15) is 48.5 Å².